The summed E-state index contributed by atoms with van der Waals surface area (Å²) in [6, 6.07) is 1.81. The highest BCUT2D eigenvalue weighted by Gasteiger charge is 2.88. The molecule has 0 bridgehead atoms. The second-order valence-electron chi connectivity index (χ2n) is 11.7. The van der Waals surface area contributed by atoms with Gasteiger partial charge in [0.1, 0.15) is 23.1 Å². The Hall–Kier alpha value is -2.41. The molecule has 6 rings (SSSR count). The van der Waals surface area contributed by atoms with Crippen LogP contribution in [0.4, 0.5) is 0 Å². The van der Waals surface area contributed by atoms with Gasteiger partial charge in [0, 0.05) is 29.4 Å². The summed E-state index contributed by atoms with van der Waals surface area (Å²) in [6.07, 6.45) is 7.04. The molecule has 33 heavy (non-hydrogen) atoms. The Morgan fingerprint density at radius 2 is 1.76 bits per heavy atom. The fourth-order valence-corrected chi connectivity index (χ4v) is 8.49. The van der Waals surface area contributed by atoms with Gasteiger partial charge < -0.3 is 18.6 Å². The number of epoxide rings is 1. The van der Waals surface area contributed by atoms with Crippen LogP contribution >= 0.6 is 0 Å². The van der Waals surface area contributed by atoms with Crippen molar-refractivity contribution in [2.45, 2.75) is 77.3 Å². The third-order valence-corrected chi connectivity index (χ3v) is 10.0. The molecule has 8 atom stereocenters. The van der Waals surface area contributed by atoms with E-state index in [4.69, 9.17) is 18.6 Å². The van der Waals surface area contributed by atoms with Gasteiger partial charge in [-0.15, -0.1) is 0 Å². The molecule has 2 saturated carbocycles. The van der Waals surface area contributed by atoms with Crippen molar-refractivity contribution < 1.29 is 33.0 Å². The first-order chi connectivity index (χ1) is 15.4. The minimum Gasteiger partial charge on any atom is -0.472 e. The SMILES string of the molecule is CC1(C)OC(=O)C=C[C@]2(C)[C@@H]1CC(=O)[C@]1(C)[C@H]2CC[C@@]2(C)[C@H](c3ccoc3)OC(=O)[C@@H]3O[C@]321. The minimum absolute atomic E-state index is 0.0727. The molecule has 1 aromatic rings. The van der Waals surface area contributed by atoms with Crippen LogP contribution in [-0.4, -0.2) is 35.0 Å². The van der Waals surface area contributed by atoms with Crippen molar-refractivity contribution >= 4 is 17.7 Å². The standard InChI is InChI=1S/C26H30O7/c1-22(2)16-12-17(27)25(5)15(23(16,3)9-7-18(28)32-22)6-10-24(4)19(14-8-11-30-13-14)31-21(29)20-26(24,25)33-20/h7-9,11,13,15-16,19-20H,6,10,12H2,1-5H3/t15-,16+,19-,20-,23-,24-,25-,26+/m0/s1. The van der Waals surface area contributed by atoms with Crippen LogP contribution in [0.1, 0.15) is 65.5 Å². The summed E-state index contributed by atoms with van der Waals surface area (Å²) in [5, 5.41) is 0. The number of fused-ring (bicyclic) bond motifs is 3. The number of esters is 2. The summed E-state index contributed by atoms with van der Waals surface area (Å²) in [6.45, 7) is 9.99. The van der Waals surface area contributed by atoms with E-state index < -0.39 is 45.6 Å². The molecule has 0 radical (unpaired) electrons. The zero-order chi connectivity index (χ0) is 23.6. The molecule has 2 saturated heterocycles. The highest BCUT2D eigenvalue weighted by molar-refractivity contribution is 5.93. The molecule has 1 aromatic heterocycles. The molecule has 0 aromatic carbocycles. The highest BCUT2D eigenvalue weighted by Crippen LogP contribution is 2.78. The van der Waals surface area contributed by atoms with E-state index in [1.54, 1.807) is 12.5 Å². The number of cyclic esters (lactones) is 2. The topological polar surface area (TPSA) is 95.3 Å². The molecule has 4 heterocycles. The molecule has 7 nitrogen and oxygen atoms in total. The predicted molar refractivity (Wildman–Crippen MR) is 115 cm³/mol. The summed E-state index contributed by atoms with van der Waals surface area (Å²) >= 11 is 0. The van der Waals surface area contributed by atoms with Crippen molar-refractivity contribution in [1.82, 2.24) is 0 Å². The van der Waals surface area contributed by atoms with E-state index in [1.807, 2.05) is 32.9 Å². The van der Waals surface area contributed by atoms with Crippen molar-refractivity contribution in [3.8, 4) is 0 Å². The first kappa shape index (κ1) is 21.1. The first-order valence-corrected chi connectivity index (χ1v) is 11.8. The summed E-state index contributed by atoms with van der Waals surface area (Å²) in [5.74, 6) is -1.02. The molecular formula is C26H30O7. The highest BCUT2D eigenvalue weighted by atomic mass is 16.7. The number of carbonyl (C=O) groups is 3. The largest absolute Gasteiger partial charge is 0.472 e. The molecule has 176 valence electrons. The second kappa shape index (κ2) is 5.98. The Morgan fingerprint density at radius 1 is 1.00 bits per heavy atom. The Kier molecular flexibility index (Phi) is 3.83. The van der Waals surface area contributed by atoms with Gasteiger partial charge in [0.05, 0.1) is 17.9 Å². The number of furan rings is 1. The molecular weight excluding hydrogens is 424 g/mol. The molecule has 1 spiro atoms. The van der Waals surface area contributed by atoms with Crippen molar-refractivity contribution in [2.75, 3.05) is 0 Å². The molecule has 2 aliphatic carbocycles. The number of rotatable bonds is 1. The number of Topliss-reactive ketones (excluding diaryl/α,β-unsaturated/α-hetero) is 1. The maximum atomic E-state index is 14.1. The summed E-state index contributed by atoms with van der Waals surface area (Å²) in [4.78, 5) is 39.6. The van der Waals surface area contributed by atoms with Gasteiger partial charge >= 0.3 is 11.9 Å². The van der Waals surface area contributed by atoms with Gasteiger partial charge in [-0.25, -0.2) is 9.59 Å². The van der Waals surface area contributed by atoms with E-state index >= 15 is 0 Å². The minimum atomic E-state index is -0.958. The maximum absolute atomic E-state index is 14.1. The Balaban J connectivity index is 1.53. The summed E-state index contributed by atoms with van der Waals surface area (Å²) in [5.41, 5.74) is -2.94. The van der Waals surface area contributed by atoms with E-state index in [1.165, 1.54) is 6.08 Å². The maximum Gasteiger partial charge on any atom is 0.339 e. The lowest BCUT2D eigenvalue weighted by molar-refractivity contribution is -0.215. The van der Waals surface area contributed by atoms with Crippen molar-refractivity contribution in [3.63, 3.8) is 0 Å². The van der Waals surface area contributed by atoms with Crippen molar-refractivity contribution in [1.29, 1.82) is 0 Å². The van der Waals surface area contributed by atoms with Gasteiger partial charge in [0.2, 0.25) is 0 Å². The molecule has 0 amide bonds. The number of hydrogen-bond acceptors (Lipinski definition) is 7. The molecule has 7 heteroatoms. The van der Waals surface area contributed by atoms with Crippen LogP contribution in [0.2, 0.25) is 0 Å². The van der Waals surface area contributed by atoms with E-state index in [-0.39, 0.29) is 30.0 Å². The van der Waals surface area contributed by atoms with E-state index in [2.05, 4.69) is 13.8 Å². The van der Waals surface area contributed by atoms with Gasteiger partial charge in [-0.3, -0.25) is 4.79 Å². The van der Waals surface area contributed by atoms with E-state index in [0.717, 1.165) is 12.0 Å². The number of ketones is 1. The average molecular weight is 455 g/mol. The van der Waals surface area contributed by atoms with Crippen molar-refractivity contribution in [2.24, 2.45) is 28.1 Å². The average Bonchev–Trinajstić information content (AvgIpc) is 3.33. The number of hydrogen-bond donors (Lipinski definition) is 0. The van der Waals surface area contributed by atoms with Crippen LogP contribution in [0.5, 0.6) is 0 Å². The summed E-state index contributed by atoms with van der Waals surface area (Å²) < 4.78 is 23.3. The van der Waals surface area contributed by atoms with Gasteiger partial charge in [0.15, 0.2) is 6.10 Å². The fourth-order valence-electron chi connectivity index (χ4n) is 8.49. The third kappa shape index (κ3) is 2.23. The summed E-state index contributed by atoms with van der Waals surface area (Å²) in [7, 11) is 0. The normalized spacial score (nSPS) is 49.5. The molecule has 0 unspecified atom stereocenters. The lowest BCUT2D eigenvalue weighted by Gasteiger charge is -2.64. The van der Waals surface area contributed by atoms with Crippen LogP contribution in [0, 0.1) is 28.1 Å². The first-order valence-electron chi connectivity index (χ1n) is 11.8. The third-order valence-electron chi connectivity index (χ3n) is 10.0. The van der Waals surface area contributed by atoms with Gasteiger partial charge in [-0.05, 0) is 51.0 Å². The van der Waals surface area contributed by atoms with Crippen LogP contribution < -0.4 is 0 Å². The molecule has 5 aliphatic rings. The van der Waals surface area contributed by atoms with Gasteiger partial charge in [0.25, 0.3) is 0 Å². The van der Waals surface area contributed by atoms with E-state index in [9.17, 15) is 14.4 Å². The van der Waals surface area contributed by atoms with Crippen LogP contribution in [0.3, 0.4) is 0 Å². The van der Waals surface area contributed by atoms with Crippen LogP contribution in [0.25, 0.3) is 0 Å². The number of ether oxygens (including phenoxy) is 3. The zero-order valence-corrected chi connectivity index (χ0v) is 19.7. The van der Waals surface area contributed by atoms with Gasteiger partial charge in [-0.1, -0.05) is 19.9 Å². The quantitative estimate of drug-likeness (QED) is 0.469. The number of carbonyl (C=O) groups excluding carboxylic acids is 3. The lowest BCUT2D eigenvalue weighted by Crippen LogP contribution is -2.71. The zero-order valence-electron chi connectivity index (χ0n) is 19.7. The number of allylic oxidation sites excluding steroid dienone is 1. The molecule has 4 fully saturated rings. The van der Waals surface area contributed by atoms with Crippen LogP contribution in [0.15, 0.2) is 35.2 Å². The van der Waals surface area contributed by atoms with Crippen LogP contribution in [-0.2, 0) is 28.6 Å². The fraction of sp³-hybridized carbons (Fsp3) is 0.654. The molecule has 0 N–H and O–H groups in total. The smallest absolute Gasteiger partial charge is 0.339 e. The Bertz CT molecular complexity index is 1100. The monoisotopic (exact) mass is 454 g/mol. The predicted octanol–water partition coefficient (Wildman–Crippen LogP) is 3.92. The van der Waals surface area contributed by atoms with Gasteiger partial charge in [-0.2, -0.15) is 0 Å². The Morgan fingerprint density at radius 3 is 2.45 bits per heavy atom. The lowest BCUT2D eigenvalue weighted by atomic mass is 9.37. The second-order valence-corrected chi connectivity index (χ2v) is 11.7. The van der Waals surface area contributed by atoms with E-state index in [0.29, 0.717) is 6.42 Å². The Labute approximate surface area is 192 Å². The van der Waals surface area contributed by atoms with Crippen molar-refractivity contribution in [3.05, 3.63) is 36.3 Å². The molecule has 3 aliphatic heterocycles.